The molecule has 0 amide bonds. The molecule has 0 radical (unpaired) electrons. The second-order valence-corrected chi connectivity index (χ2v) is 3.58. The Hall–Kier alpha value is -0.670. The minimum absolute atomic E-state index is 0. The predicted molar refractivity (Wildman–Crippen MR) is 53.6 cm³/mol. The van der Waals surface area contributed by atoms with Crippen LogP contribution in [0.25, 0.3) is 0 Å². The lowest BCUT2D eigenvalue weighted by Crippen LogP contribution is -2.22. The van der Waals surface area contributed by atoms with Crippen LogP contribution in [0, 0.1) is 11.6 Å². The van der Waals surface area contributed by atoms with Crippen LogP contribution in [0.3, 0.4) is 0 Å². The van der Waals surface area contributed by atoms with Crippen molar-refractivity contribution in [3.05, 3.63) is 35.4 Å². The van der Waals surface area contributed by atoms with Crippen LogP contribution in [0.5, 0.6) is 0 Å². The third-order valence-corrected chi connectivity index (χ3v) is 2.74. The molecule has 1 nitrogen and oxygen atoms in total. The second-order valence-electron chi connectivity index (χ2n) is 3.58. The topological polar surface area (TPSA) is 26.0 Å². The maximum absolute atomic E-state index is 13.3. The minimum atomic E-state index is -0.469. The lowest BCUT2D eigenvalue weighted by molar-refractivity contribution is 0.517. The van der Waals surface area contributed by atoms with E-state index in [-0.39, 0.29) is 18.0 Å². The first-order chi connectivity index (χ1) is 6.19. The summed E-state index contributed by atoms with van der Waals surface area (Å²) in [4.78, 5) is 0. The van der Waals surface area contributed by atoms with Crippen LogP contribution in [-0.4, -0.2) is 6.54 Å². The number of hydrogen-bond donors (Lipinski definition) is 1. The Morgan fingerprint density at radius 2 is 1.71 bits per heavy atom. The number of nitrogens with two attached hydrogens (primary N) is 1. The smallest absolute Gasteiger partial charge is 0.129 e. The van der Waals surface area contributed by atoms with Crippen molar-refractivity contribution in [3.63, 3.8) is 0 Å². The van der Waals surface area contributed by atoms with Gasteiger partial charge in [-0.3, -0.25) is 0 Å². The SMILES string of the molecule is Cl.NCC1(c2c(F)cccc2F)CC1. The molecule has 1 aromatic carbocycles. The molecule has 14 heavy (non-hydrogen) atoms. The summed E-state index contributed by atoms with van der Waals surface area (Å²) in [6.45, 7) is 0.324. The summed E-state index contributed by atoms with van der Waals surface area (Å²) in [6, 6.07) is 3.95. The molecule has 1 fully saturated rings. The molecule has 1 aliphatic carbocycles. The molecule has 78 valence electrons. The van der Waals surface area contributed by atoms with Gasteiger partial charge in [-0.2, -0.15) is 0 Å². The first-order valence-corrected chi connectivity index (χ1v) is 4.34. The normalized spacial score (nSPS) is 17.4. The quantitative estimate of drug-likeness (QED) is 0.812. The third kappa shape index (κ3) is 1.62. The molecular weight excluding hydrogens is 208 g/mol. The van der Waals surface area contributed by atoms with Crippen LogP contribution in [0.4, 0.5) is 8.78 Å². The summed E-state index contributed by atoms with van der Waals surface area (Å²) < 4.78 is 26.6. The molecule has 0 bridgehead atoms. The van der Waals surface area contributed by atoms with E-state index in [2.05, 4.69) is 0 Å². The van der Waals surface area contributed by atoms with E-state index in [1.807, 2.05) is 0 Å². The van der Waals surface area contributed by atoms with E-state index in [4.69, 9.17) is 5.73 Å². The van der Waals surface area contributed by atoms with Crippen LogP contribution < -0.4 is 5.73 Å². The molecular formula is C10H12ClF2N. The number of hydrogen-bond acceptors (Lipinski definition) is 1. The van der Waals surface area contributed by atoms with Crippen molar-refractivity contribution in [3.8, 4) is 0 Å². The molecule has 0 heterocycles. The zero-order chi connectivity index (χ0) is 9.47. The van der Waals surface area contributed by atoms with E-state index in [1.54, 1.807) is 0 Å². The molecule has 2 rings (SSSR count). The molecule has 0 unspecified atom stereocenters. The molecule has 2 N–H and O–H groups in total. The lowest BCUT2D eigenvalue weighted by Gasteiger charge is -2.14. The maximum atomic E-state index is 13.3. The van der Waals surface area contributed by atoms with E-state index in [1.165, 1.54) is 18.2 Å². The van der Waals surface area contributed by atoms with Gasteiger partial charge in [0.15, 0.2) is 0 Å². The van der Waals surface area contributed by atoms with Crippen LogP contribution in [0.15, 0.2) is 18.2 Å². The molecule has 1 saturated carbocycles. The summed E-state index contributed by atoms with van der Waals surface area (Å²) in [5.41, 5.74) is 5.28. The number of halogens is 3. The molecule has 1 aliphatic rings. The van der Waals surface area contributed by atoms with E-state index in [0.29, 0.717) is 6.54 Å². The van der Waals surface area contributed by atoms with Gasteiger partial charge in [0.25, 0.3) is 0 Å². The third-order valence-electron chi connectivity index (χ3n) is 2.74. The van der Waals surface area contributed by atoms with Crippen LogP contribution in [0.1, 0.15) is 18.4 Å². The average molecular weight is 220 g/mol. The standard InChI is InChI=1S/C10H11F2N.ClH/c11-7-2-1-3-8(12)9(7)10(6-13)4-5-10;/h1-3H,4-6,13H2;1H. The van der Waals surface area contributed by atoms with Crippen molar-refractivity contribution < 1.29 is 8.78 Å². The van der Waals surface area contributed by atoms with Crippen LogP contribution in [-0.2, 0) is 5.41 Å². The van der Waals surface area contributed by atoms with Gasteiger partial charge in [0.2, 0.25) is 0 Å². The van der Waals surface area contributed by atoms with Gasteiger partial charge < -0.3 is 5.73 Å². The number of rotatable bonds is 2. The van der Waals surface area contributed by atoms with Gasteiger partial charge in [0.1, 0.15) is 11.6 Å². The summed E-state index contributed by atoms with van der Waals surface area (Å²) in [6.07, 6.45) is 1.59. The van der Waals surface area contributed by atoms with Gasteiger partial charge in [-0.05, 0) is 25.0 Å². The van der Waals surface area contributed by atoms with Crippen molar-refractivity contribution in [1.29, 1.82) is 0 Å². The fourth-order valence-electron chi connectivity index (χ4n) is 1.71. The van der Waals surface area contributed by atoms with Gasteiger partial charge in [-0.15, -0.1) is 12.4 Å². The second kappa shape index (κ2) is 3.83. The Morgan fingerprint density at radius 1 is 1.21 bits per heavy atom. The molecule has 0 saturated heterocycles. The first-order valence-electron chi connectivity index (χ1n) is 4.34. The van der Waals surface area contributed by atoms with E-state index >= 15 is 0 Å². The summed E-state index contributed by atoms with van der Waals surface area (Å²) in [5, 5.41) is 0. The van der Waals surface area contributed by atoms with E-state index in [0.717, 1.165) is 12.8 Å². The Balaban J connectivity index is 0.000000980. The zero-order valence-corrected chi connectivity index (χ0v) is 8.41. The van der Waals surface area contributed by atoms with Gasteiger partial charge in [0, 0.05) is 17.5 Å². The Labute approximate surface area is 87.7 Å². The van der Waals surface area contributed by atoms with Gasteiger partial charge in [0.05, 0.1) is 0 Å². The van der Waals surface area contributed by atoms with Gasteiger partial charge in [-0.25, -0.2) is 8.78 Å². The Morgan fingerprint density at radius 3 is 2.07 bits per heavy atom. The molecule has 0 atom stereocenters. The average Bonchev–Trinajstić information content (AvgIpc) is 2.85. The Bertz CT molecular complexity index is 317. The van der Waals surface area contributed by atoms with Crippen molar-refractivity contribution in [2.24, 2.45) is 5.73 Å². The highest BCUT2D eigenvalue weighted by molar-refractivity contribution is 5.85. The van der Waals surface area contributed by atoms with Gasteiger partial charge in [-0.1, -0.05) is 6.07 Å². The molecule has 0 aliphatic heterocycles. The number of benzene rings is 1. The van der Waals surface area contributed by atoms with Crippen molar-refractivity contribution in [1.82, 2.24) is 0 Å². The molecule has 1 aromatic rings. The monoisotopic (exact) mass is 219 g/mol. The Kier molecular flexibility index (Phi) is 3.12. The first kappa shape index (κ1) is 11.4. The highest BCUT2D eigenvalue weighted by Crippen LogP contribution is 2.48. The van der Waals surface area contributed by atoms with E-state index < -0.39 is 17.0 Å². The van der Waals surface area contributed by atoms with Crippen molar-refractivity contribution in [2.75, 3.05) is 6.54 Å². The van der Waals surface area contributed by atoms with Crippen LogP contribution >= 0.6 is 12.4 Å². The van der Waals surface area contributed by atoms with E-state index in [9.17, 15) is 8.78 Å². The fraction of sp³-hybridized carbons (Fsp3) is 0.400. The zero-order valence-electron chi connectivity index (χ0n) is 7.59. The molecule has 4 heteroatoms. The molecule has 0 aromatic heterocycles. The van der Waals surface area contributed by atoms with Gasteiger partial charge >= 0.3 is 0 Å². The lowest BCUT2D eigenvalue weighted by atomic mass is 9.95. The van der Waals surface area contributed by atoms with Crippen molar-refractivity contribution >= 4 is 12.4 Å². The van der Waals surface area contributed by atoms with Crippen molar-refractivity contribution in [2.45, 2.75) is 18.3 Å². The van der Waals surface area contributed by atoms with Crippen LogP contribution in [0.2, 0.25) is 0 Å². The summed E-state index contributed by atoms with van der Waals surface area (Å²) >= 11 is 0. The summed E-state index contributed by atoms with van der Waals surface area (Å²) in [7, 11) is 0. The predicted octanol–water partition coefficient (Wildman–Crippen LogP) is 2.38. The largest absolute Gasteiger partial charge is 0.330 e. The molecule has 0 spiro atoms. The highest BCUT2D eigenvalue weighted by Gasteiger charge is 2.46. The fourth-order valence-corrected chi connectivity index (χ4v) is 1.71. The minimum Gasteiger partial charge on any atom is -0.330 e. The summed E-state index contributed by atoms with van der Waals surface area (Å²) in [5.74, 6) is -0.939. The highest BCUT2D eigenvalue weighted by atomic mass is 35.5. The maximum Gasteiger partial charge on any atom is 0.129 e.